The van der Waals surface area contributed by atoms with Crippen molar-refractivity contribution in [1.29, 1.82) is 0 Å². The van der Waals surface area contributed by atoms with Crippen molar-refractivity contribution in [1.82, 2.24) is 30.4 Å². The number of methoxy groups -OCH3 is 1. The van der Waals surface area contributed by atoms with Crippen molar-refractivity contribution >= 4 is 0 Å². The summed E-state index contributed by atoms with van der Waals surface area (Å²) in [5, 5.41) is 14.3. The summed E-state index contributed by atoms with van der Waals surface area (Å²) in [4.78, 5) is 5.18. The molecule has 1 unspecified atom stereocenters. The van der Waals surface area contributed by atoms with Crippen LogP contribution in [-0.4, -0.2) is 76.4 Å². The maximum absolute atomic E-state index is 5.28. The van der Waals surface area contributed by atoms with E-state index in [1.165, 1.54) is 24.0 Å². The zero-order valence-corrected chi connectivity index (χ0v) is 16.1. The maximum Gasteiger partial charge on any atom is 0.204 e. The van der Waals surface area contributed by atoms with Crippen LogP contribution in [0.1, 0.15) is 30.9 Å². The van der Waals surface area contributed by atoms with Gasteiger partial charge in [-0.15, -0.1) is 10.2 Å². The van der Waals surface area contributed by atoms with E-state index in [-0.39, 0.29) is 0 Å². The van der Waals surface area contributed by atoms with Gasteiger partial charge in [-0.25, -0.2) is 0 Å². The Hall–Kier alpha value is -1.83. The Balaban J connectivity index is 1.63. The summed E-state index contributed by atoms with van der Waals surface area (Å²) in [5.74, 6) is 0.648. The van der Waals surface area contributed by atoms with E-state index in [0.717, 1.165) is 44.9 Å². The standard InChI is InChI=1S/C19H30N6O/c1-4-5-18-14-24(8-9-25(18)10-11-26-3)13-17-7-6-16(12-15(17)2)19-20-22-23-21-19/h6-7,12,18H,4-5,8-11,13-14H2,1-3H3,(H,20,21,22,23). The number of H-pyrrole nitrogens is 1. The van der Waals surface area contributed by atoms with Crippen molar-refractivity contribution in [2.24, 2.45) is 0 Å². The molecule has 0 amide bonds. The van der Waals surface area contributed by atoms with Gasteiger partial charge in [-0.2, -0.15) is 5.21 Å². The van der Waals surface area contributed by atoms with Crippen LogP contribution in [0, 0.1) is 6.92 Å². The van der Waals surface area contributed by atoms with Crippen LogP contribution in [0.5, 0.6) is 0 Å². The Labute approximate surface area is 155 Å². The number of aromatic amines is 1. The largest absolute Gasteiger partial charge is 0.383 e. The molecular weight excluding hydrogens is 328 g/mol. The number of benzene rings is 1. The Bertz CT molecular complexity index is 675. The second-order valence-corrected chi connectivity index (χ2v) is 7.08. The minimum atomic E-state index is 0.628. The van der Waals surface area contributed by atoms with Crippen molar-refractivity contribution in [3.8, 4) is 11.4 Å². The highest BCUT2D eigenvalue weighted by Gasteiger charge is 2.26. The molecule has 1 fully saturated rings. The number of rotatable bonds is 8. The van der Waals surface area contributed by atoms with Crippen LogP contribution in [0.15, 0.2) is 18.2 Å². The number of ether oxygens (including phenoxy) is 1. The van der Waals surface area contributed by atoms with Gasteiger partial charge in [-0.3, -0.25) is 9.80 Å². The summed E-state index contributed by atoms with van der Waals surface area (Å²) >= 11 is 0. The number of tetrazole rings is 1. The third-order valence-electron chi connectivity index (χ3n) is 5.23. The minimum Gasteiger partial charge on any atom is -0.383 e. The molecule has 2 heterocycles. The first kappa shape index (κ1) is 18.9. The van der Waals surface area contributed by atoms with Crippen molar-refractivity contribution in [3.05, 3.63) is 29.3 Å². The van der Waals surface area contributed by atoms with Crippen LogP contribution in [0.4, 0.5) is 0 Å². The third kappa shape index (κ3) is 4.66. The number of piperazine rings is 1. The molecule has 1 saturated heterocycles. The number of hydrogen-bond acceptors (Lipinski definition) is 6. The Morgan fingerprint density at radius 2 is 2.19 bits per heavy atom. The van der Waals surface area contributed by atoms with Crippen LogP contribution in [0.25, 0.3) is 11.4 Å². The SMILES string of the molecule is CCCC1CN(Cc2ccc(-c3nn[nH]n3)cc2C)CCN1CCOC. The van der Waals surface area contributed by atoms with Gasteiger partial charge in [0.2, 0.25) is 5.82 Å². The van der Waals surface area contributed by atoms with Gasteiger partial charge in [0.25, 0.3) is 0 Å². The first-order valence-electron chi connectivity index (χ1n) is 9.50. The number of nitrogens with one attached hydrogen (secondary N) is 1. The molecule has 0 radical (unpaired) electrons. The fourth-order valence-corrected chi connectivity index (χ4v) is 3.75. The van der Waals surface area contributed by atoms with E-state index in [9.17, 15) is 0 Å². The highest BCUT2D eigenvalue weighted by molar-refractivity contribution is 5.56. The van der Waals surface area contributed by atoms with Gasteiger partial charge in [0.1, 0.15) is 0 Å². The van der Waals surface area contributed by atoms with Crippen LogP contribution >= 0.6 is 0 Å². The lowest BCUT2D eigenvalue weighted by atomic mass is 10.0. The van der Waals surface area contributed by atoms with E-state index >= 15 is 0 Å². The second-order valence-electron chi connectivity index (χ2n) is 7.08. The van der Waals surface area contributed by atoms with Crippen LogP contribution in [-0.2, 0) is 11.3 Å². The van der Waals surface area contributed by atoms with Gasteiger partial charge < -0.3 is 4.74 Å². The molecule has 1 N–H and O–H groups in total. The van der Waals surface area contributed by atoms with Gasteiger partial charge >= 0.3 is 0 Å². The lowest BCUT2D eigenvalue weighted by Crippen LogP contribution is -2.53. The average molecular weight is 358 g/mol. The fraction of sp³-hybridized carbons (Fsp3) is 0.632. The van der Waals surface area contributed by atoms with Gasteiger partial charge in [-0.1, -0.05) is 25.5 Å². The summed E-state index contributed by atoms with van der Waals surface area (Å²) < 4.78 is 5.28. The quantitative estimate of drug-likeness (QED) is 0.779. The molecule has 0 bridgehead atoms. The second kappa shape index (κ2) is 9.21. The summed E-state index contributed by atoms with van der Waals surface area (Å²) in [6, 6.07) is 7.07. The van der Waals surface area contributed by atoms with Crippen molar-refractivity contribution in [3.63, 3.8) is 0 Å². The fourth-order valence-electron chi connectivity index (χ4n) is 3.75. The number of aromatic nitrogens is 4. The summed E-state index contributed by atoms with van der Waals surface area (Å²) in [5.41, 5.74) is 3.66. The number of hydrogen-bond donors (Lipinski definition) is 1. The molecule has 142 valence electrons. The lowest BCUT2D eigenvalue weighted by molar-refractivity contribution is 0.0441. The number of nitrogens with zero attached hydrogens (tertiary/aromatic N) is 5. The summed E-state index contributed by atoms with van der Waals surface area (Å²) in [6.07, 6.45) is 2.47. The lowest BCUT2D eigenvalue weighted by Gasteiger charge is -2.41. The predicted molar refractivity (Wildman–Crippen MR) is 102 cm³/mol. The normalized spacial score (nSPS) is 19.1. The van der Waals surface area contributed by atoms with E-state index in [1.807, 2.05) is 0 Å². The van der Waals surface area contributed by atoms with Gasteiger partial charge in [0, 0.05) is 51.4 Å². The van der Waals surface area contributed by atoms with E-state index in [0.29, 0.717) is 11.9 Å². The van der Waals surface area contributed by atoms with Crippen molar-refractivity contribution < 1.29 is 4.74 Å². The molecule has 7 nitrogen and oxygen atoms in total. The van der Waals surface area contributed by atoms with E-state index in [1.54, 1.807) is 7.11 Å². The Morgan fingerprint density at radius 1 is 1.31 bits per heavy atom. The van der Waals surface area contributed by atoms with Crippen LogP contribution < -0.4 is 0 Å². The molecule has 2 aromatic rings. The average Bonchev–Trinajstić information content (AvgIpc) is 3.18. The molecule has 1 aromatic carbocycles. The van der Waals surface area contributed by atoms with Gasteiger partial charge in [0.05, 0.1) is 6.61 Å². The third-order valence-corrected chi connectivity index (χ3v) is 5.23. The van der Waals surface area contributed by atoms with Crippen LogP contribution in [0.3, 0.4) is 0 Å². The maximum atomic E-state index is 5.28. The number of aryl methyl sites for hydroxylation is 1. The van der Waals surface area contributed by atoms with E-state index < -0.39 is 0 Å². The van der Waals surface area contributed by atoms with Crippen LogP contribution in [0.2, 0.25) is 0 Å². The van der Waals surface area contributed by atoms with Crippen molar-refractivity contribution in [2.45, 2.75) is 39.3 Å². The molecule has 7 heteroatoms. The monoisotopic (exact) mass is 358 g/mol. The van der Waals surface area contributed by atoms with Crippen molar-refractivity contribution in [2.75, 3.05) is 39.9 Å². The summed E-state index contributed by atoms with van der Waals surface area (Å²) in [7, 11) is 1.78. The Kier molecular flexibility index (Phi) is 6.71. The first-order valence-corrected chi connectivity index (χ1v) is 9.50. The molecule has 1 atom stereocenters. The minimum absolute atomic E-state index is 0.628. The van der Waals surface area contributed by atoms with E-state index in [4.69, 9.17) is 4.74 Å². The molecule has 0 aliphatic carbocycles. The van der Waals surface area contributed by atoms with E-state index in [2.05, 4.69) is 62.5 Å². The topological polar surface area (TPSA) is 70.2 Å². The Morgan fingerprint density at radius 3 is 2.88 bits per heavy atom. The molecule has 26 heavy (non-hydrogen) atoms. The zero-order chi connectivity index (χ0) is 18.4. The molecule has 1 aliphatic heterocycles. The molecule has 3 rings (SSSR count). The highest BCUT2D eigenvalue weighted by atomic mass is 16.5. The molecule has 0 saturated carbocycles. The highest BCUT2D eigenvalue weighted by Crippen LogP contribution is 2.21. The first-order chi connectivity index (χ1) is 12.7. The van der Waals surface area contributed by atoms with Gasteiger partial charge in [-0.05, 0) is 35.8 Å². The van der Waals surface area contributed by atoms with Gasteiger partial charge in [0.15, 0.2) is 0 Å². The molecular formula is C19H30N6O. The zero-order valence-electron chi connectivity index (χ0n) is 16.1. The molecule has 1 aromatic heterocycles. The smallest absolute Gasteiger partial charge is 0.204 e. The molecule has 0 spiro atoms. The predicted octanol–water partition coefficient (Wildman–Crippen LogP) is 2.11. The summed E-state index contributed by atoms with van der Waals surface area (Å²) in [6.45, 7) is 10.6. The molecule has 1 aliphatic rings.